The number of esters is 1. The Bertz CT molecular complexity index is 1130. The number of benzene rings is 2. The van der Waals surface area contributed by atoms with E-state index >= 15 is 0 Å². The van der Waals surface area contributed by atoms with Crippen LogP contribution in [0.25, 0.3) is 10.2 Å². The first-order chi connectivity index (χ1) is 13.8. The molecule has 0 bridgehead atoms. The Morgan fingerprint density at radius 1 is 1.07 bits per heavy atom. The summed E-state index contributed by atoms with van der Waals surface area (Å²) in [5.74, 6) is -1.28. The van der Waals surface area contributed by atoms with Crippen LogP contribution in [0.1, 0.15) is 27.6 Å². The number of nitrogens with one attached hydrogen (secondary N) is 1. The van der Waals surface area contributed by atoms with Gasteiger partial charge in [-0.05, 0) is 25.1 Å². The highest BCUT2D eigenvalue weighted by Crippen LogP contribution is 2.28. The van der Waals surface area contributed by atoms with Crippen molar-refractivity contribution in [2.75, 3.05) is 11.9 Å². The molecule has 0 aliphatic heterocycles. The van der Waals surface area contributed by atoms with Gasteiger partial charge >= 0.3 is 5.97 Å². The van der Waals surface area contributed by atoms with E-state index in [0.29, 0.717) is 15.8 Å². The van der Waals surface area contributed by atoms with Crippen molar-refractivity contribution in [1.82, 2.24) is 4.98 Å². The second kappa shape index (κ2) is 7.98. The number of rotatable bonds is 6. The molecule has 0 saturated carbocycles. The van der Waals surface area contributed by atoms with Gasteiger partial charge in [0.25, 0.3) is 17.3 Å². The quantitative estimate of drug-likeness (QED) is 0.363. The van der Waals surface area contributed by atoms with Crippen LogP contribution in [0.2, 0.25) is 0 Å². The van der Waals surface area contributed by atoms with Crippen LogP contribution < -0.4 is 5.32 Å². The summed E-state index contributed by atoms with van der Waals surface area (Å²) in [6.45, 7) is 1.92. The van der Waals surface area contributed by atoms with Crippen LogP contribution in [0.15, 0.2) is 36.4 Å². The summed E-state index contributed by atoms with van der Waals surface area (Å²) in [5.41, 5.74) is -0.559. The molecule has 0 fully saturated rings. The third-order valence-corrected chi connectivity index (χ3v) is 4.64. The van der Waals surface area contributed by atoms with Crippen LogP contribution >= 0.6 is 11.3 Å². The van der Waals surface area contributed by atoms with Crippen molar-refractivity contribution in [3.8, 4) is 0 Å². The highest BCUT2D eigenvalue weighted by atomic mass is 32.1. The predicted octanol–water partition coefficient (Wildman–Crippen LogP) is 3.54. The van der Waals surface area contributed by atoms with Crippen molar-refractivity contribution >= 4 is 49.9 Å². The van der Waals surface area contributed by atoms with Crippen LogP contribution in [0.4, 0.5) is 16.5 Å². The van der Waals surface area contributed by atoms with Gasteiger partial charge in [0.2, 0.25) is 0 Å². The fourth-order valence-electron chi connectivity index (χ4n) is 2.43. The number of hydrogen-bond acceptors (Lipinski definition) is 9. The van der Waals surface area contributed by atoms with Crippen molar-refractivity contribution in [1.29, 1.82) is 0 Å². The van der Waals surface area contributed by atoms with Crippen LogP contribution in [0, 0.1) is 20.2 Å². The summed E-state index contributed by atoms with van der Waals surface area (Å²) < 4.78 is 5.54. The van der Waals surface area contributed by atoms with Gasteiger partial charge in [-0.15, -0.1) is 0 Å². The van der Waals surface area contributed by atoms with Gasteiger partial charge in [0, 0.05) is 12.1 Å². The monoisotopic (exact) mass is 416 g/mol. The fourth-order valence-corrected chi connectivity index (χ4v) is 3.33. The Labute approximate surface area is 166 Å². The smallest absolute Gasteiger partial charge is 0.338 e. The number of carbonyl (C=O) groups excluding carboxylic acids is 2. The number of nitro groups is 2. The van der Waals surface area contributed by atoms with E-state index < -0.39 is 33.1 Å². The lowest BCUT2D eigenvalue weighted by molar-refractivity contribution is -0.394. The average molecular weight is 416 g/mol. The van der Waals surface area contributed by atoms with Gasteiger partial charge in [-0.3, -0.25) is 30.3 Å². The molecule has 0 saturated heterocycles. The Hall–Kier alpha value is -3.93. The molecule has 11 nitrogen and oxygen atoms in total. The topological polar surface area (TPSA) is 155 Å². The largest absolute Gasteiger partial charge is 0.462 e. The highest BCUT2D eigenvalue weighted by molar-refractivity contribution is 7.22. The zero-order valence-electron chi connectivity index (χ0n) is 14.8. The van der Waals surface area contributed by atoms with Gasteiger partial charge in [-0.2, -0.15) is 0 Å². The van der Waals surface area contributed by atoms with Crippen molar-refractivity contribution < 1.29 is 24.2 Å². The Morgan fingerprint density at radius 2 is 1.72 bits per heavy atom. The van der Waals surface area contributed by atoms with Gasteiger partial charge in [-0.25, -0.2) is 9.78 Å². The molecule has 3 rings (SSSR count). The number of ether oxygens (including phenoxy) is 1. The SMILES string of the molecule is CCOC(=O)c1ccc2nc(NC(=O)c3cc([N+](=O)[O-])cc([N+](=O)[O-])c3)sc2c1. The summed E-state index contributed by atoms with van der Waals surface area (Å²) >= 11 is 1.07. The van der Waals surface area contributed by atoms with Crippen LogP contribution in [-0.4, -0.2) is 33.3 Å². The molecule has 0 unspecified atom stereocenters. The van der Waals surface area contributed by atoms with Crippen LogP contribution in [0.3, 0.4) is 0 Å². The summed E-state index contributed by atoms with van der Waals surface area (Å²) in [6.07, 6.45) is 0. The lowest BCUT2D eigenvalue weighted by Gasteiger charge is -2.02. The van der Waals surface area contributed by atoms with Gasteiger partial charge in [-0.1, -0.05) is 11.3 Å². The van der Waals surface area contributed by atoms with E-state index in [1.165, 1.54) is 6.07 Å². The second-order valence-electron chi connectivity index (χ2n) is 5.63. The minimum Gasteiger partial charge on any atom is -0.462 e. The van der Waals surface area contributed by atoms with E-state index in [0.717, 1.165) is 29.5 Å². The normalized spacial score (nSPS) is 10.5. The molecule has 3 aromatic rings. The molecule has 0 aliphatic carbocycles. The Kier molecular flexibility index (Phi) is 5.45. The number of fused-ring (bicyclic) bond motifs is 1. The van der Waals surface area contributed by atoms with E-state index in [4.69, 9.17) is 4.74 Å². The van der Waals surface area contributed by atoms with Crippen molar-refractivity contribution in [3.63, 3.8) is 0 Å². The van der Waals surface area contributed by atoms with Gasteiger partial charge < -0.3 is 4.74 Å². The molecule has 0 aliphatic rings. The van der Waals surface area contributed by atoms with Crippen LogP contribution in [0.5, 0.6) is 0 Å². The minimum atomic E-state index is -0.821. The van der Waals surface area contributed by atoms with Crippen molar-refractivity contribution in [2.24, 2.45) is 0 Å². The highest BCUT2D eigenvalue weighted by Gasteiger charge is 2.21. The molecule has 29 heavy (non-hydrogen) atoms. The number of thiazole rings is 1. The number of amides is 1. The molecular formula is C17H12N4O7S. The fraction of sp³-hybridized carbons (Fsp3) is 0.118. The third kappa shape index (κ3) is 4.32. The number of nitro benzene ring substituents is 2. The van der Waals surface area contributed by atoms with E-state index in [1.54, 1.807) is 19.1 Å². The van der Waals surface area contributed by atoms with Crippen molar-refractivity contribution in [2.45, 2.75) is 6.92 Å². The van der Waals surface area contributed by atoms with E-state index in [2.05, 4.69) is 10.3 Å². The minimum absolute atomic E-state index is 0.167. The molecule has 1 heterocycles. The second-order valence-corrected chi connectivity index (χ2v) is 6.66. The van der Waals surface area contributed by atoms with Gasteiger partial charge in [0.05, 0.1) is 43.9 Å². The average Bonchev–Trinajstić information content (AvgIpc) is 3.08. The molecule has 0 radical (unpaired) electrons. The first-order valence-electron chi connectivity index (χ1n) is 8.11. The lowest BCUT2D eigenvalue weighted by Crippen LogP contribution is -2.12. The number of carbonyl (C=O) groups is 2. The maximum absolute atomic E-state index is 12.4. The van der Waals surface area contributed by atoms with Crippen LogP contribution in [-0.2, 0) is 4.74 Å². The molecule has 0 atom stereocenters. The molecular weight excluding hydrogens is 404 g/mol. The Balaban J connectivity index is 1.89. The zero-order valence-corrected chi connectivity index (χ0v) is 15.6. The van der Waals surface area contributed by atoms with Gasteiger partial charge in [0.1, 0.15) is 0 Å². The third-order valence-electron chi connectivity index (χ3n) is 3.71. The van der Waals surface area contributed by atoms with Crippen molar-refractivity contribution in [3.05, 3.63) is 67.8 Å². The van der Waals surface area contributed by atoms with Gasteiger partial charge in [0.15, 0.2) is 5.13 Å². The molecule has 1 amide bonds. The first-order valence-corrected chi connectivity index (χ1v) is 8.93. The number of non-ortho nitro benzene ring substituents is 2. The number of aromatic nitrogens is 1. The standard InChI is InChI=1S/C17H12N4O7S/c1-2-28-16(23)9-3-4-13-14(7-9)29-17(18-13)19-15(22)10-5-11(20(24)25)8-12(6-10)21(26)27/h3-8H,2H2,1H3,(H,18,19,22). The number of hydrogen-bond donors (Lipinski definition) is 1. The molecule has 12 heteroatoms. The number of nitrogens with zero attached hydrogens (tertiary/aromatic N) is 3. The Morgan fingerprint density at radius 3 is 2.31 bits per heavy atom. The molecule has 0 spiro atoms. The zero-order chi connectivity index (χ0) is 21.1. The summed E-state index contributed by atoms with van der Waals surface area (Å²) in [5, 5.41) is 24.6. The maximum Gasteiger partial charge on any atom is 0.338 e. The molecule has 1 aromatic heterocycles. The summed E-state index contributed by atoms with van der Waals surface area (Å²) in [7, 11) is 0. The summed E-state index contributed by atoms with van der Waals surface area (Å²) in [4.78, 5) is 48.7. The maximum atomic E-state index is 12.4. The van der Waals surface area contributed by atoms with E-state index in [1.807, 2.05) is 0 Å². The lowest BCUT2D eigenvalue weighted by atomic mass is 10.1. The predicted molar refractivity (Wildman–Crippen MR) is 103 cm³/mol. The molecule has 1 N–H and O–H groups in total. The van der Waals surface area contributed by atoms with E-state index in [9.17, 15) is 29.8 Å². The summed E-state index contributed by atoms with van der Waals surface area (Å²) in [6, 6.07) is 7.34. The number of anilines is 1. The molecule has 148 valence electrons. The van der Waals surface area contributed by atoms with E-state index in [-0.39, 0.29) is 17.3 Å². The molecule has 2 aromatic carbocycles. The first kappa shape index (κ1) is 19.8.